The molecule has 0 saturated heterocycles. The van der Waals surface area contributed by atoms with Gasteiger partial charge < -0.3 is 5.11 Å². The molecule has 8 aromatic rings. The number of phenolic OH excluding ortho intramolecular Hbond substituents is 1. The number of imidazole rings is 1. The highest BCUT2D eigenvalue weighted by atomic mass is 16.3. The zero-order valence-corrected chi connectivity index (χ0v) is 35.6. The Labute approximate surface area is 344 Å². The Bertz CT molecular complexity index is 2810. The maximum Gasteiger partial charge on any atom is 0.149 e. The topological polar surface area (TPSA) is 50.9 Å². The zero-order chi connectivity index (χ0) is 41.1. The fourth-order valence-corrected chi connectivity index (χ4v) is 8.30. The third-order valence-corrected chi connectivity index (χ3v) is 11.6. The summed E-state index contributed by atoms with van der Waals surface area (Å²) in [5.41, 5.74) is 14.1. The van der Waals surface area contributed by atoms with Gasteiger partial charge in [-0.2, -0.15) is 0 Å². The van der Waals surface area contributed by atoms with Crippen LogP contribution in [-0.4, -0.2) is 19.6 Å². The molecule has 0 aliphatic rings. The van der Waals surface area contributed by atoms with Gasteiger partial charge in [-0.25, -0.2) is 4.98 Å². The minimum Gasteiger partial charge on any atom is -0.507 e. The van der Waals surface area contributed by atoms with Gasteiger partial charge >= 0.3 is 0 Å². The van der Waals surface area contributed by atoms with E-state index in [-0.39, 0.29) is 22.5 Å². The first kappa shape index (κ1) is 38.9. The maximum absolute atomic E-state index is 12.5. The van der Waals surface area contributed by atoms with E-state index in [9.17, 15) is 5.11 Å². The normalized spacial score (nSPS) is 12.3. The number of phenols is 1. The van der Waals surface area contributed by atoms with Gasteiger partial charge in [-0.1, -0.05) is 166 Å². The second-order valence-electron chi connectivity index (χ2n) is 18.5. The molecule has 6 aromatic carbocycles. The van der Waals surface area contributed by atoms with E-state index in [2.05, 4.69) is 201 Å². The van der Waals surface area contributed by atoms with E-state index < -0.39 is 0 Å². The molecular weight excluding hydrogens is 707 g/mol. The number of nitrogens with zero attached hydrogens (tertiary/aromatic N) is 3. The predicted molar refractivity (Wildman–Crippen MR) is 245 cm³/mol. The Morgan fingerprint density at radius 2 is 1.28 bits per heavy atom. The quantitative estimate of drug-likeness (QED) is 0.176. The van der Waals surface area contributed by atoms with Crippen molar-refractivity contribution in [1.29, 1.82) is 0 Å². The van der Waals surface area contributed by atoms with Gasteiger partial charge in [0.2, 0.25) is 0 Å². The molecule has 0 saturated carbocycles. The number of aromatic hydroxyl groups is 1. The number of fused-ring (bicyclic) bond motifs is 2. The molecule has 0 amide bonds. The molecule has 0 unspecified atom stereocenters. The molecule has 0 radical (unpaired) electrons. The van der Waals surface area contributed by atoms with Gasteiger partial charge in [-0.05, 0) is 86.2 Å². The summed E-state index contributed by atoms with van der Waals surface area (Å²) in [6, 6.07) is 45.6. The third-order valence-electron chi connectivity index (χ3n) is 11.6. The van der Waals surface area contributed by atoms with Gasteiger partial charge in [0.1, 0.15) is 11.6 Å². The first-order valence-electron chi connectivity index (χ1n) is 20.7. The third kappa shape index (κ3) is 7.00. The molecule has 2 aromatic heterocycles. The van der Waals surface area contributed by atoms with Crippen molar-refractivity contribution in [3.8, 4) is 56.3 Å². The van der Waals surface area contributed by atoms with Crippen LogP contribution in [0.3, 0.4) is 0 Å². The van der Waals surface area contributed by atoms with Gasteiger partial charge in [0.05, 0.1) is 28.0 Å². The average Bonchev–Trinajstić information content (AvgIpc) is 3.59. The van der Waals surface area contributed by atoms with E-state index in [4.69, 9.17) is 9.97 Å². The Hall–Kier alpha value is -6.00. The fraction of sp³-hybridized carbons (Fsp3) is 0.259. The van der Waals surface area contributed by atoms with Crippen molar-refractivity contribution >= 4 is 21.8 Å². The Balaban J connectivity index is 1.51. The molecule has 0 atom stereocenters. The smallest absolute Gasteiger partial charge is 0.149 e. The first-order chi connectivity index (χ1) is 27.6. The van der Waals surface area contributed by atoms with Crippen molar-refractivity contribution in [3.05, 3.63) is 156 Å². The van der Waals surface area contributed by atoms with Gasteiger partial charge in [0.25, 0.3) is 0 Å². The Morgan fingerprint density at radius 1 is 0.586 bits per heavy atom. The lowest BCUT2D eigenvalue weighted by molar-refractivity contribution is 0.446. The van der Waals surface area contributed by atoms with Crippen molar-refractivity contribution in [3.63, 3.8) is 0 Å². The van der Waals surface area contributed by atoms with Crippen molar-refractivity contribution in [1.82, 2.24) is 14.5 Å². The van der Waals surface area contributed by atoms with E-state index in [1.54, 1.807) is 0 Å². The summed E-state index contributed by atoms with van der Waals surface area (Å²) in [5, 5.41) is 14.8. The van der Waals surface area contributed by atoms with E-state index in [1.807, 2.05) is 6.20 Å². The van der Waals surface area contributed by atoms with Gasteiger partial charge in [0, 0.05) is 33.8 Å². The average molecular weight is 762 g/mol. The summed E-state index contributed by atoms with van der Waals surface area (Å²) in [6.07, 6.45) is 1.91. The van der Waals surface area contributed by atoms with Crippen LogP contribution in [0.4, 0.5) is 0 Å². The number of para-hydroxylation sites is 2. The van der Waals surface area contributed by atoms with Crippen molar-refractivity contribution in [2.75, 3.05) is 0 Å². The molecule has 4 heteroatoms. The molecule has 0 bridgehead atoms. The molecular formula is C54H55N3O. The molecule has 1 N–H and O–H groups in total. The minimum absolute atomic E-state index is 0.168. The number of hydrogen-bond acceptors (Lipinski definition) is 3. The number of aromatic nitrogens is 3. The summed E-state index contributed by atoms with van der Waals surface area (Å²) < 4.78 is 2.34. The SMILES string of the molecule is CC(C)c1cc(-c2nccc3ccccc23)cc(-c2cccc3c2nc(-c2cc(C(C)(C)C)cc(C(C)(C)C)c2O)n3-c2c(-c3ccccc3)cccc2C(C)C)c1. The van der Waals surface area contributed by atoms with Crippen molar-refractivity contribution in [2.24, 2.45) is 0 Å². The zero-order valence-electron chi connectivity index (χ0n) is 35.6. The van der Waals surface area contributed by atoms with Crippen LogP contribution in [0.25, 0.3) is 72.4 Å². The summed E-state index contributed by atoms with van der Waals surface area (Å²) in [7, 11) is 0. The molecule has 292 valence electrons. The van der Waals surface area contributed by atoms with Crippen LogP contribution in [0.5, 0.6) is 5.75 Å². The summed E-state index contributed by atoms with van der Waals surface area (Å²) in [6.45, 7) is 22.2. The fourth-order valence-electron chi connectivity index (χ4n) is 8.30. The highest BCUT2D eigenvalue weighted by molar-refractivity contribution is 6.00. The van der Waals surface area contributed by atoms with Gasteiger partial charge in [-0.15, -0.1) is 0 Å². The molecule has 0 spiro atoms. The molecule has 0 fully saturated rings. The number of hydrogen-bond donors (Lipinski definition) is 1. The second kappa shape index (κ2) is 14.7. The van der Waals surface area contributed by atoms with Crippen LogP contribution in [-0.2, 0) is 10.8 Å². The van der Waals surface area contributed by atoms with E-state index in [1.165, 1.54) is 16.5 Å². The Kier molecular flexibility index (Phi) is 9.88. The van der Waals surface area contributed by atoms with Crippen LogP contribution >= 0.6 is 0 Å². The van der Waals surface area contributed by atoms with Gasteiger partial charge in [0.15, 0.2) is 0 Å². The highest BCUT2D eigenvalue weighted by Gasteiger charge is 2.30. The van der Waals surface area contributed by atoms with Crippen LogP contribution < -0.4 is 0 Å². The van der Waals surface area contributed by atoms with E-state index in [0.29, 0.717) is 5.92 Å². The van der Waals surface area contributed by atoms with Crippen LogP contribution in [0, 0.1) is 0 Å². The maximum atomic E-state index is 12.5. The predicted octanol–water partition coefficient (Wildman–Crippen LogP) is 14.8. The number of rotatable bonds is 7. The monoisotopic (exact) mass is 761 g/mol. The lowest BCUT2D eigenvalue weighted by Gasteiger charge is -2.28. The molecule has 4 nitrogen and oxygen atoms in total. The lowest BCUT2D eigenvalue weighted by Crippen LogP contribution is -2.17. The van der Waals surface area contributed by atoms with Crippen molar-refractivity contribution in [2.45, 2.75) is 91.9 Å². The van der Waals surface area contributed by atoms with Crippen LogP contribution in [0.1, 0.15) is 103 Å². The molecule has 8 rings (SSSR count). The van der Waals surface area contributed by atoms with Crippen LogP contribution in [0.15, 0.2) is 134 Å². The van der Waals surface area contributed by atoms with Crippen molar-refractivity contribution < 1.29 is 5.11 Å². The number of pyridine rings is 1. The molecule has 2 heterocycles. The standard InChI is InChI=1S/C54H55N3O/c1-33(2)37-28-38(30-39(29-37)48-42-21-15-14-20-36(42)26-27-55-48)43-23-17-25-47-49(43)56-52(45-31-40(53(5,6)7)32-46(51(45)58)54(8,9)10)57(47)50-41(34(3)4)22-16-24-44(50)35-18-12-11-13-19-35/h11-34,58H,1-10H3. The van der Waals surface area contributed by atoms with Crippen LogP contribution in [0.2, 0.25) is 0 Å². The number of benzene rings is 6. The molecule has 58 heavy (non-hydrogen) atoms. The summed E-state index contributed by atoms with van der Waals surface area (Å²) in [4.78, 5) is 10.6. The highest BCUT2D eigenvalue weighted by Crippen LogP contribution is 2.47. The first-order valence-corrected chi connectivity index (χ1v) is 20.7. The lowest BCUT2D eigenvalue weighted by atomic mass is 9.79. The van der Waals surface area contributed by atoms with E-state index in [0.717, 1.165) is 78.1 Å². The molecule has 0 aliphatic heterocycles. The van der Waals surface area contributed by atoms with E-state index >= 15 is 0 Å². The molecule has 0 aliphatic carbocycles. The second-order valence-corrected chi connectivity index (χ2v) is 18.5. The summed E-state index contributed by atoms with van der Waals surface area (Å²) >= 11 is 0. The summed E-state index contributed by atoms with van der Waals surface area (Å²) in [5.74, 6) is 1.50. The minimum atomic E-state index is -0.309. The van der Waals surface area contributed by atoms with Gasteiger partial charge in [-0.3, -0.25) is 9.55 Å². The largest absolute Gasteiger partial charge is 0.507 e. The Morgan fingerprint density at radius 3 is 1.98 bits per heavy atom.